The van der Waals surface area contributed by atoms with Gasteiger partial charge < -0.3 is 10.5 Å². The Labute approximate surface area is 131 Å². The fourth-order valence-electron chi connectivity index (χ4n) is 2.19. The molecule has 6 nitrogen and oxygen atoms in total. The molecule has 0 saturated carbocycles. The van der Waals surface area contributed by atoms with Crippen molar-refractivity contribution in [2.24, 2.45) is 5.73 Å². The molecule has 0 fully saturated rings. The van der Waals surface area contributed by atoms with Gasteiger partial charge in [0.15, 0.2) is 5.69 Å². The van der Waals surface area contributed by atoms with Gasteiger partial charge in [-0.1, -0.05) is 30.3 Å². The first-order valence-electron chi connectivity index (χ1n) is 6.82. The number of hydrogen-bond donors (Lipinski definition) is 2. The molecule has 0 saturated heterocycles. The van der Waals surface area contributed by atoms with Crippen LogP contribution < -0.4 is 10.5 Å². The first kappa shape index (κ1) is 14.7. The first-order chi connectivity index (χ1) is 11.1. The number of amides is 1. The molecule has 0 bridgehead atoms. The Morgan fingerprint density at radius 3 is 2.78 bits per heavy atom. The number of benzene rings is 2. The van der Waals surface area contributed by atoms with Crippen LogP contribution in [0.25, 0.3) is 11.3 Å². The average Bonchev–Trinajstić information content (AvgIpc) is 3.03. The number of carbonyl (C=O) groups is 1. The van der Waals surface area contributed by atoms with Crippen molar-refractivity contribution in [3.63, 3.8) is 0 Å². The zero-order chi connectivity index (χ0) is 16.2. The third-order valence-electron chi connectivity index (χ3n) is 3.24. The number of H-pyrrole nitrogens is 1. The van der Waals surface area contributed by atoms with E-state index in [9.17, 15) is 9.18 Å². The van der Waals surface area contributed by atoms with Crippen LogP contribution in [0.5, 0.6) is 5.75 Å². The second kappa shape index (κ2) is 6.27. The highest BCUT2D eigenvalue weighted by Crippen LogP contribution is 2.25. The van der Waals surface area contributed by atoms with Gasteiger partial charge in [0.1, 0.15) is 23.9 Å². The van der Waals surface area contributed by atoms with Crippen LogP contribution >= 0.6 is 0 Å². The zero-order valence-electron chi connectivity index (χ0n) is 12.0. The lowest BCUT2D eigenvalue weighted by Gasteiger charge is -2.10. The van der Waals surface area contributed by atoms with E-state index in [1.807, 2.05) is 12.1 Å². The number of ether oxygens (including phenoxy) is 1. The average molecular weight is 312 g/mol. The second-order valence-electron chi connectivity index (χ2n) is 4.79. The van der Waals surface area contributed by atoms with Crippen molar-refractivity contribution in [2.45, 2.75) is 6.61 Å². The van der Waals surface area contributed by atoms with Crippen molar-refractivity contribution in [1.82, 2.24) is 15.4 Å². The smallest absolute Gasteiger partial charge is 0.271 e. The van der Waals surface area contributed by atoms with Crippen molar-refractivity contribution in [3.05, 3.63) is 65.6 Å². The lowest BCUT2D eigenvalue weighted by atomic mass is 10.0. The van der Waals surface area contributed by atoms with Crippen LogP contribution in [0.1, 0.15) is 16.1 Å². The maximum absolute atomic E-state index is 13.2. The quantitative estimate of drug-likeness (QED) is 0.756. The summed E-state index contributed by atoms with van der Waals surface area (Å²) < 4.78 is 18.8. The van der Waals surface area contributed by atoms with E-state index in [4.69, 9.17) is 10.5 Å². The number of nitrogens with two attached hydrogens (primary N) is 1. The summed E-state index contributed by atoms with van der Waals surface area (Å²) in [4.78, 5) is 11.4. The van der Waals surface area contributed by atoms with Crippen LogP contribution in [0.3, 0.4) is 0 Å². The topological polar surface area (TPSA) is 93.9 Å². The van der Waals surface area contributed by atoms with Gasteiger partial charge in [-0.2, -0.15) is 15.4 Å². The van der Waals surface area contributed by atoms with E-state index in [0.29, 0.717) is 17.0 Å². The fraction of sp³-hybridized carbons (Fsp3) is 0.0625. The van der Waals surface area contributed by atoms with Gasteiger partial charge >= 0.3 is 0 Å². The minimum absolute atomic E-state index is 0.0585. The summed E-state index contributed by atoms with van der Waals surface area (Å²) in [5, 5.41) is 10.1. The van der Waals surface area contributed by atoms with E-state index >= 15 is 0 Å². The molecule has 1 amide bonds. The van der Waals surface area contributed by atoms with Gasteiger partial charge in [0.25, 0.3) is 5.91 Å². The van der Waals surface area contributed by atoms with Crippen LogP contribution in [-0.4, -0.2) is 21.3 Å². The molecule has 0 spiro atoms. The Morgan fingerprint density at radius 1 is 1.17 bits per heavy atom. The molecular weight excluding hydrogens is 299 g/mol. The number of aromatic amines is 1. The van der Waals surface area contributed by atoms with Gasteiger partial charge in [-0.15, -0.1) is 0 Å². The van der Waals surface area contributed by atoms with Crippen LogP contribution in [0.2, 0.25) is 0 Å². The Hall–Kier alpha value is -3.22. The molecule has 0 aliphatic rings. The summed E-state index contributed by atoms with van der Waals surface area (Å²) in [7, 11) is 0. The predicted octanol–water partition coefficient (Wildman–Crippen LogP) is 2.29. The van der Waals surface area contributed by atoms with Gasteiger partial charge in [0.2, 0.25) is 0 Å². The molecule has 116 valence electrons. The predicted molar refractivity (Wildman–Crippen MR) is 81.1 cm³/mol. The SMILES string of the molecule is NC(=O)c1n[nH]nc1-c1ccccc1COc1cccc(F)c1. The van der Waals surface area contributed by atoms with Crippen LogP contribution in [0.15, 0.2) is 48.5 Å². The van der Waals surface area contributed by atoms with Crippen LogP contribution in [0, 0.1) is 5.82 Å². The molecule has 0 atom stereocenters. The minimum Gasteiger partial charge on any atom is -0.489 e. The van der Waals surface area contributed by atoms with E-state index in [2.05, 4.69) is 15.4 Å². The molecule has 0 radical (unpaired) electrons. The van der Waals surface area contributed by atoms with E-state index in [-0.39, 0.29) is 18.1 Å². The number of halogens is 1. The molecule has 3 aromatic rings. The summed E-state index contributed by atoms with van der Waals surface area (Å²) in [5.74, 6) is -0.631. The number of aromatic nitrogens is 3. The van der Waals surface area contributed by atoms with Crippen LogP contribution in [0.4, 0.5) is 4.39 Å². The molecule has 7 heteroatoms. The molecule has 0 unspecified atom stereocenters. The Bertz CT molecular complexity index is 847. The molecule has 0 aliphatic heterocycles. The molecular formula is C16H13FN4O2. The Kier molecular flexibility index (Phi) is 4.01. The fourth-order valence-corrected chi connectivity index (χ4v) is 2.19. The summed E-state index contributed by atoms with van der Waals surface area (Å²) in [6.45, 7) is 0.185. The van der Waals surface area contributed by atoms with Crippen molar-refractivity contribution < 1.29 is 13.9 Å². The zero-order valence-corrected chi connectivity index (χ0v) is 12.0. The largest absolute Gasteiger partial charge is 0.489 e. The molecule has 1 heterocycles. The number of hydrogen-bond acceptors (Lipinski definition) is 4. The lowest BCUT2D eigenvalue weighted by Crippen LogP contribution is -2.13. The second-order valence-corrected chi connectivity index (χ2v) is 4.79. The third kappa shape index (κ3) is 3.18. The van der Waals surface area contributed by atoms with E-state index in [1.54, 1.807) is 24.3 Å². The number of primary amides is 1. The maximum Gasteiger partial charge on any atom is 0.271 e. The van der Waals surface area contributed by atoms with E-state index in [1.165, 1.54) is 12.1 Å². The lowest BCUT2D eigenvalue weighted by molar-refractivity contribution is 0.0996. The third-order valence-corrected chi connectivity index (χ3v) is 3.24. The normalized spacial score (nSPS) is 10.5. The summed E-state index contributed by atoms with van der Waals surface area (Å²) >= 11 is 0. The number of carbonyl (C=O) groups excluding carboxylic acids is 1. The van der Waals surface area contributed by atoms with Gasteiger partial charge in [0.05, 0.1) is 0 Å². The molecule has 3 rings (SSSR count). The summed E-state index contributed by atoms with van der Waals surface area (Å²) in [6, 6.07) is 13.1. The molecule has 0 aliphatic carbocycles. The van der Waals surface area contributed by atoms with E-state index in [0.717, 1.165) is 5.56 Å². The van der Waals surface area contributed by atoms with Gasteiger partial charge in [0, 0.05) is 11.6 Å². The first-order valence-corrected chi connectivity index (χ1v) is 6.82. The van der Waals surface area contributed by atoms with Crippen molar-refractivity contribution in [3.8, 4) is 17.0 Å². The standard InChI is InChI=1S/C16H13FN4O2/c17-11-5-3-6-12(8-11)23-9-10-4-1-2-7-13(10)14-15(16(18)22)20-21-19-14/h1-8H,9H2,(H2,18,22)(H,19,20,21). The Morgan fingerprint density at radius 2 is 2.00 bits per heavy atom. The number of nitrogens with one attached hydrogen (secondary N) is 1. The van der Waals surface area contributed by atoms with Gasteiger partial charge in [-0.25, -0.2) is 4.39 Å². The highest BCUT2D eigenvalue weighted by atomic mass is 19.1. The van der Waals surface area contributed by atoms with Gasteiger partial charge in [-0.3, -0.25) is 4.79 Å². The molecule has 3 N–H and O–H groups in total. The van der Waals surface area contributed by atoms with Crippen LogP contribution in [-0.2, 0) is 6.61 Å². The highest BCUT2D eigenvalue weighted by molar-refractivity contribution is 5.97. The maximum atomic E-state index is 13.2. The van der Waals surface area contributed by atoms with Crippen molar-refractivity contribution >= 4 is 5.91 Å². The summed E-state index contributed by atoms with van der Waals surface area (Å²) in [5.41, 5.74) is 7.15. The minimum atomic E-state index is -0.672. The van der Waals surface area contributed by atoms with E-state index < -0.39 is 5.91 Å². The van der Waals surface area contributed by atoms with Crippen molar-refractivity contribution in [2.75, 3.05) is 0 Å². The molecule has 1 aromatic heterocycles. The van der Waals surface area contributed by atoms with Crippen molar-refractivity contribution in [1.29, 1.82) is 0 Å². The monoisotopic (exact) mass is 312 g/mol. The molecule has 23 heavy (non-hydrogen) atoms. The highest BCUT2D eigenvalue weighted by Gasteiger charge is 2.17. The van der Waals surface area contributed by atoms with Gasteiger partial charge in [-0.05, 0) is 17.7 Å². The number of nitrogens with zero attached hydrogens (tertiary/aromatic N) is 2. The Balaban J connectivity index is 1.89. The number of rotatable bonds is 5. The summed E-state index contributed by atoms with van der Waals surface area (Å²) in [6.07, 6.45) is 0. The molecule has 2 aromatic carbocycles.